The van der Waals surface area contributed by atoms with E-state index in [9.17, 15) is 0 Å². The van der Waals surface area contributed by atoms with Gasteiger partial charge in [-0.1, -0.05) is 33.6 Å². The molecule has 1 saturated heterocycles. The number of likely N-dealkylation sites (tertiary alicyclic amines) is 1. The Morgan fingerprint density at radius 3 is 2.62 bits per heavy atom. The summed E-state index contributed by atoms with van der Waals surface area (Å²) in [5.41, 5.74) is 0. The molecule has 4 atom stereocenters. The van der Waals surface area contributed by atoms with E-state index in [-0.39, 0.29) is 0 Å². The van der Waals surface area contributed by atoms with Crippen LogP contribution in [0.2, 0.25) is 0 Å². The van der Waals surface area contributed by atoms with E-state index in [1.807, 2.05) is 0 Å². The van der Waals surface area contributed by atoms with Gasteiger partial charge in [-0.25, -0.2) is 0 Å². The molecule has 1 aliphatic carbocycles. The predicted octanol–water partition coefficient (Wildman–Crippen LogP) is 4.30. The Morgan fingerprint density at radius 2 is 1.90 bits per heavy atom. The van der Waals surface area contributed by atoms with Crippen molar-refractivity contribution in [3.8, 4) is 0 Å². The Kier molecular flexibility index (Phi) is 7.01. The third-order valence-corrected chi connectivity index (χ3v) is 5.99. The fraction of sp³-hybridized carbons (Fsp3) is 1.00. The summed E-state index contributed by atoms with van der Waals surface area (Å²) >= 11 is 0. The third-order valence-electron chi connectivity index (χ3n) is 5.99. The largest absolute Gasteiger partial charge is 0.314 e. The third kappa shape index (κ3) is 5.25. The molecule has 0 radical (unpaired) electrons. The van der Waals surface area contributed by atoms with Crippen LogP contribution in [-0.4, -0.2) is 36.6 Å². The van der Waals surface area contributed by atoms with Crippen LogP contribution >= 0.6 is 0 Å². The zero-order chi connectivity index (χ0) is 15.2. The van der Waals surface area contributed by atoms with Crippen molar-refractivity contribution in [2.75, 3.05) is 19.6 Å². The Hall–Kier alpha value is -0.0800. The molecule has 1 heterocycles. The molecule has 2 heteroatoms. The first-order chi connectivity index (χ1) is 10.1. The summed E-state index contributed by atoms with van der Waals surface area (Å²) in [6.45, 7) is 13.5. The van der Waals surface area contributed by atoms with E-state index in [0.29, 0.717) is 0 Å². The van der Waals surface area contributed by atoms with E-state index in [1.54, 1.807) is 0 Å². The van der Waals surface area contributed by atoms with Crippen LogP contribution in [0.25, 0.3) is 0 Å². The molecule has 2 nitrogen and oxygen atoms in total. The summed E-state index contributed by atoms with van der Waals surface area (Å²) in [4.78, 5) is 2.70. The Bertz CT molecular complexity index is 289. The maximum atomic E-state index is 3.91. The van der Waals surface area contributed by atoms with E-state index >= 15 is 0 Å². The Labute approximate surface area is 133 Å². The summed E-state index contributed by atoms with van der Waals surface area (Å²) in [6, 6.07) is 1.59. The molecule has 2 fully saturated rings. The topological polar surface area (TPSA) is 15.3 Å². The summed E-state index contributed by atoms with van der Waals surface area (Å²) in [6.07, 6.45) is 9.83. The SMILES string of the molecule is CC1CCC(C(C)C)C(NCCCN2CCCCC2C)C1. The number of piperidine rings is 1. The molecule has 0 bridgehead atoms. The second kappa shape index (κ2) is 8.53. The molecule has 0 aromatic carbocycles. The summed E-state index contributed by atoms with van der Waals surface area (Å²) in [7, 11) is 0. The summed E-state index contributed by atoms with van der Waals surface area (Å²) < 4.78 is 0. The quantitative estimate of drug-likeness (QED) is 0.735. The zero-order valence-corrected chi connectivity index (χ0v) is 14.9. The second-order valence-electron chi connectivity index (χ2n) is 8.12. The zero-order valence-electron chi connectivity index (χ0n) is 14.9. The molecule has 4 unspecified atom stereocenters. The van der Waals surface area contributed by atoms with Crippen molar-refractivity contribution in [1.29, 1.82) is 0 Å². The standard InChI is InChI=1S/C19H38N2/c1-15(2)18-10-9-16(3)14-19(18)20-11-7-13-21-12-6-5-8-17(21)4/h15-20H,5-14H2,1-4H3. The normalized spacial score (nSPS) is 35.3. The molecule has 0 spiro atoms. The van der Waals surface area contributed by atoms with Gasteiger partial charge in [-0.3, -0.25) is 0 Å². The van der Waals surface area contributed by atoms with Crippen molar-refractivity contribution < 1.29 is 0 Å². The Balaban J connectivity index is 1.68. The number of nitrogens with zero attached hydrogens (tertiary/aromatic N) is 1. The van der Waals surface area contributed by atoms with Gasteiger partial charge in [0.15, 0.2) is 0 Å². The van der Waals surface area contributed by atoms with Crippen molar-refractivity contribution in [3.63, 3.8) is 0 Å². The number of rotatable bonds is 6. The van der Waals surface area contributed by atoms with Gasteiger partial charge in [0, 0.05) is 12.1 Å². The van der Waals surface area contributed by atoms with Crippen LogP contribution < -0.4 is 5.32 Å². The van der Waals surface area contributed by atoms with E-state index in [0.717, 1.165) is 29.8 Å². The molecule has 0 aromatic rings. The van der Waals surface area contributed by atoms with Crippen LogP contribution in [0.1, 0.15) is 72.6 Å². The van der Waals surface area contributed by atoms with Gasteiger partial charge in [0.1, 0.15) is 0 Å². The van der Waals surface area contributed by atoms with E-state index < -0.39 is 0 Å². The van der Waals surface area contributed by atoms with Gasteiger partial charge in [-0.05, 0) is 76.4 Å². The molecule has 0 amide bonds. The van der Waals surface area contributed by atoms with Crippen LogP contribution in [0.3, 0.4) is 0 Å². The summed E-state index contributed by atoms with van der Waals surface area (Å²) in [5, 5.41) is 3.91. The van der Waals surface area contributed by atoms with E-state index in [2.05, 4.69) is 37.9 Å². The van der Waals surface area contributed by atoms with Gasteiger partial charge >= 0.3 is 0 Å². The molecule has 21 heavy (non-hydrogen) atoms. The summed E-state index contributed by atoms with van der Waals surface area (Å²) in [5.74, 6) is 2.65. The lowest BCUT2D eigenvalue weighted by Gasteiger charge is -2.38. The van der Waals surface area contributed by atoms with Crippen LogP contribution in [0.5, 0.6) is 0 Å². The van der Waals surface area contributed by atoms with E-state index in [1.165, 1.54) is 64.6 Å². The molecular formula is C19H38N2. The van der Waals surface area contributed by atoms with Gasteiger partial charge in [-0.2, -0.15) is 0 Å². The van der Waals surface area contributed by atoms with E-state index in [4.69, 9.17) is 0 Å². The van der Waals surface area contributed by atoms with Gasteiger partial charge in [0.05, 0.1) is 0 Å². The molecule has 2 aliphatic rings. The maximum absolute atomic E-state index is 3.91. The molecule has 2 rings (SSSR count). The molecule has 124 valence electrons. The fourth-order valence-corrected chi connectivity index (χ4v) is 4.50. The monoisotopic (exact) mass is 294 g/mol. The fourth-order valence-electron chi connectivity index (χ4n) is 4.50. The highest BCUT2D eigenvalue weighted by Gasteiger charge is 2.30. The van der Waals surface area contributed by atoms with Gasteiger partial charge < -0.3 is 10.2 Å². The van der Waals surface area contributed by atoms with Crippen LogP contribution in [0, 0.1) is 17.8 Å². The van der Waals surface area contributed by atoms with Crippen molar-refractivity contribution in [2.45, 2.75) is 84.7 Å². The minimum atomic E-state index is 0.771. The lowest BCUT2D eigenvalue weighted by Crippen LogP contribution is -2.44. The smallest absolute Gasteiger partial charge is 0.0100 e. The lowest BCUT2D eigenvalue weighted by atomic mass is 9.74. The van der Waals surface area contributed by atoms with Crippen molar-refractivity contribution in [1.82, 2.24) is 10.2 Å². The van der Waals surface area contributed by atoms with Crippen molar-refractivity contribution in [3.05, 3.63) is 0 Å². The first-order valence-corrected chi connectivity index (χ1v) is 9.55. The average Bonchev–Trinajstić information content (AvgIpc) is 2.45. The van der Waals surface area contributed by atoms with Gasteiger partial charge in [-0.15, -0.1) is 0 Å². The minimum absolute atomic E-state index is 0.771. The molecule has 1 aliphatic heterocycles. The molecule has 1 saturated carbocycles. The highest BCUT2D eigenvalue weighted by atomic mass is 15.2. The predicted molar refractivity (Wildman–Crippen MR) is 92.6 cm³/mol. The highest BCUT2D eigenvalue weighted by Crippen LogP contribution is 2.33. The number of hydrogen-bond donors (Lipinski definition) is 1. The van der Waals surface area contributed by atoms with Crippen LogP contribution in [-0.2, 0) is 0 Å². The number of nitrogens with one attached hydrogen (secondary N) is 1. The Morgan fingerprint density at radius 1 is 1.10 bits per heavy atom. The van der Waals surface area contributed by atoms with Crippen LogP contribution in [0.15, 0.2) is 0 Å². The first-order valence-electron chi connectivity index (χ1n) is 9.55. The molecular weight excluding hydrogens is 256 g/mol. The van der Waals surface area contributed by atoms with Crippen LogP contribution in [0.4, 0.5) is 0 Å². The second-order valence-corrected chi connectivity index (χ2v) is 8.12. The minimum Gasteiger partial charge on any atom is -0.314 e. The lowest BCUT2D eigenvalue weighted by molar-refractivity contribution is 0.149. The van der Waals surface area contributed by atoms with Crippen molar-refractivity contribution >= 4 is 0 Å². The number of hydrogen-bond acceptors (Lipinski definition) is 2. The molecule has 1 N–H and O–H groups in total. The first kappa shape index (κ1) is 17.3. The molecule has 0 aromatic heterocycles. The van der Waals surface area contributed by atoms with Gasteiger partial charge in [0.25, 0.3) is 0 Å². The maximum Gasteiger partial charge on any atom is 0.0100 e. The van der Waals surface area contributed by atoms with Gasteiger partial charge in [0.2, 0.25) is 0 Å². The highest BCUT2D eigenvalue weighted by molar-refractivity contribution is 4.85. The average molecular weight is 295 g/mol. The van der Waals surface area contributed by atoms with Crippen molar-refractivity contribution in [2.24, 2.45) is 17.8 Å².